The van der Waals surface area contributed by atoms with Gasteiger partial charge in [0.1, 0.15) is 5.82 Å². The van der Waals surface area contributed by atoms with Crippen LogP contribution in [0, 0.1) is 15.9 Å². The number of nitro benzene ring substituents is 1. The van der Waals surface area contributed by atoms with Crippen LogP contribution in [0.4, 0.5) is 10.1 Å². The SMILES string of the molecule is CCOC(=O)C1=C(C)N=c2s/c(=C/c3cccc([N+](=O)[O-])c3[O-])c(=O)n2[C@H]1c1ccc(F)cc1. The molecule has 0 saturated carbocycles. The standard InChI is InChI=1S/C23H18FN3O6S/c1-3-33-22(30)18-12(2)25-23-26(19(18)13-7-9-15(24)10-8-13)21(29)17(34-23)11-14-5-4-6-16(20(14)28)27(31)32/h4-11,19,28H,3H2,1-2H3/p-1/b17-11+/t19-/m0/s1. The van der Waals surface area contributed by atoms with Crippen molar-refractivity contribution in [3.8, 4) is 5.75 Å². The molecule has 9 nitrogen and oxygen atoms in total. The average Bonchev–Trinajstić information content (AvgIpc) is 3.09. The third kappa shape index (κ3) is 4.01. The molecule has 0 bridgehead atoms. The van der Waals surface area contributed by atoms with E-state index >= 15 is 0 Å². The molecule has 0 aliphatic carbocycles. The van der Waals surface area contributed by atoms with Gasteiger partial charge in [0.2, 0.25) is 0 Å². The summed E-state index contributed by atoms with van der Waals surface area (Å²) in [6.07, 6.45) is 1.27. The Morgan fingerprint density at radius 2 is 2.00 bits per heavy atom. The van der Waals surface area contributed by atoms with Gasteiger partial charge >= 0.3 is 5.97 Å². The molecule has 0 N–H and O–H groups in total. The van der Waals surface area contributed by atoms with Crippen molar-refractivity contribution in [1.82, 2.24) is 4.57 Å². The van der Waals surface area contributed by atoms with E-state index in [1.165, 1.54) is 47.0 Å². The summed E-state index contributed by atoms with van der Waals surface area (Å²) in [4.78, 5) is 41.2. The number of fused-ring (bicyclic) bond motifs is 1. The first-order valence-corrected chi connectivity index (χ1v) is 10.9. The fraction of sp³-hybridized carbons (Fsp3) is 0.174. The second-order valence-corrected chi connectivity index (χ2v) is 8.32. The van der Waals surface area contributed by atoms with Crippen molar-refractivity contribution in [3.05, 3.63) is 100 Å². The summed E-state index contributed by atoms with van der Waals surface area (Å²) in [5, 5.41) is 23.5. The summed E-state index contributed by atoms with van der Waals surface area (Å²) in [5.74, 6) is -1.96. The first-order valence-electron chi connectivity index (χ1n) is 10.1. The molecule has 4 rings (SSSR count). The molecule has 1 atom stereocenters. The van der Waals surface area contributed by atoms with E-state index in [9.17, 15) is 29.2 Å². The maximum atomic E-state index is 13.6. The number of para-hydroxylation sites is 1. The van der Waals surface area contributed by atoms with Gasteiger partial charge in [-0.05, 0) is 48.9 Å². The minimum Gasteiger partial charge on any atom is -0.867 e. The van der Waals surface area contributed by atoms with E-state index in [-0.39, 0.29) is 27.1 Å². The van der Waals surface area contributed by atoms with Gasteiger partial charge in [-0.3, -0.25) is 19.5 Å². The Labute approximate surface area is 195 Å². The maximum Gasteiger partial charge on any atom is 0.338 e. The third-order valence-corrected chi connectivity index (χ3v) is 6.19. The molecule has 174 valence electrons. The van der Waals surface area contributed by atoms with Gasteiger partial charge in [-0.1, -0.05) is 35.6 Å². The van der Waals surface area contributed by atoms with E-state index in [2.05, 4.69) is 4.99 Å². The number of benzene rings is 2. The van der Waals surface area contributed by atoms with Gasteiger partial charge in [0.25, 0.3) is 11.2 Å². The molecule has 1 aliphatic heterocycles. The average molecular weight is 482 g/mol. The molecule has 34 heavy (non-hydrogen) atoms. The summed E-state index contributed by atoms with van der Waals surface area (Å²) < 4.78 is 20.1. The van der Waals surface area contributed by atoms with Gasteiger partial charge < -0.3 is 9.84 Å². The van der Waals surface area contributed by atoms with E-state index in [0.29, 0.717) is 11.3 Å². The Bertz CT molecular complexity index is 1520. The molecule has 11 heteroatoms. The van der Waals surface area contributed by atoms with Crippen molar-refractivity contribution >= 4 is 29.1 Å². The molecule has 0 unspecified atom stereocenters. The van der Waals surface area contributed by atoms with Crippen molar-refractivity contribution < 1.29 is 24.0 Å². The quantitative estimate of drug-likeness (QED) is 0.311. The van der Waals surface area contributed by atoms with Crippen LogP contribution in [0.3, 0.4) is 0 Å². The van der Waals surface area contributed by atoms with Gasteiger partial charge in [0.15, 0.2) is 4.80 Å². The van der Waals surface area contributed by atoms with E-state index in [1.807, 2.05) is 0 Å². The highest BCUT2D eigenvalue weighted by Gasteiger charge is 2.33. The monoisotopic (exact) mass is 482 g/mol. The third-order valence-electron chi connectivity index (χ3n) is 5.21. The number of hydrogen-bond acceptors (Lipinski definition) is 8. The van der Waals surface area contributed by atoms with Crippen molar-refractivity contribution in [2.24, 2.45) is 4.99 Å². The number of aromatic nitrogens is 1. The van der Waals surface area contributed by atoms with Gasteiger partial charge in [0, 0.05) is 6.07 Å². The van der Waals surface area contributed by atoms with Crippen molar-refractivity contribution in [3.63, 3.8) is 0 Å². The Morgan fingerprint density at radius 3 is 2.65 bits per heavy atom. The van der Waals surface area contributed by atoms with Crippen molar-refractivity contribution in [1.29, 1.82) is 0 Å². The molecular formula is C23H17FN3O6S-. The molecule has 0 spiro atoms. The summed E-state index contributed by atoms with van der Waals surface area (Å²) in [6, 6.07) is 8.25. The Kier molecular flexibility index (Phi) is 6.12. The first kappa shape index (κ1) is 23.1. The molecular weight excluding hydrogens is 465 g/mol. The van der Waals surface area contributed by atoms with Crippen molar-refractivity contribution in [2.75, 3.05) is 6.61 Å². The number of carbonyl (C=O) groups is 1. The lowest BCUT2D eigenvalue weighted by Crippen LogP contribution is -2.39. The summed E-state index contributed by atoms with van der Waals surface area (Å²) >= 11 is 0.971. The minimum absolute atomic E-state index is 0.0286. The zero-order valence-corrected chi connectivity index (χ0v) is 18.8. The van der Waals surface area contributed by atoms with Crippen LogP contribution in [0.1, 0.15) is 31.0 Å². The van der Waals surface area contributed by atoms with E-state index in [1.54, 1.807) is 13.8 Å². The zero-order chi connectivity index (χ0) is 24.6. The molecule has 0 amide bonds. The Balaban J connectivity index is 1.97. The largest absolute Gasteiger partial charge is 0.867 e. The highest BCUT2D eigenvalue weighted by molar-refractivity contribution is 7.07. The minimum atomic E-state index is -0.935. The van der Waals surface area contributed by atoms with Gasteiger partial charge in [-0.25, -0.2) is 14.2 Å². The van der Waals surface area contributed by atoms with Crippen LogP contribution in [0.5, 0.6) is 5.75 Å². The number of nitro groups is 1. The highest BCUT2D eigenvalue weighted by atomic mass is 32.1. The lowest BCUT2D eigenvalue weighted by Gasteiger charge is -2.24. The van der Waals surface area contributed by atoms with Crippen LogP contribution in [0.2, 0.25) is 0 Å². The second-order valence-electron chi connectivity index (χ2n) is 7.31. The number of carbonyl (C=O) groups excluding carboxylic acids is 1. The van der Waals surface area contributed by atoms with Crippen LogP contribution < -0.4 is 20.0 Å². The maximum absolute atomic E-state index is 13.6. The lowest BCUT2D eigenvalue weighted by atomic mass is 9.96. The number of hydrogen-bond donors (Lipinski definition) is 0. The molecule has 2 aromatic carbocycles. The zero-order valence-electron chi connectivity index (χ0n) is 18.0. The fourth-order valence-electron chi connectivity index (χ4n) is 3.69. The van der Waals surface area contributed by atoms with E-state index < -0.39 is 39.7 Å². The molecule has 2 heterocycles. The number of ether oxygens (including phenoxy) is 1. The van der Waals surface area contributed by atoms with Gasteiger partial charge in [0.05, 0.1) is 33.4 Å². The Hall–Kier alpha value is -4.12. The molecule has 1 aromatic heterocycles. The normalized spacial score (nSPS) is 15.6. The molecule has 0 radical (unpaired) electrons. The number of thiazole rings is 1. The van der Waals surface area contributed by atoms with Gasteiger partial charge in [-0.2, -0.15) is 0 Å². The van der Waals surface area contributed by atoms with Crippen LogP contribution in [-0.2, 0) is 9.53 Å². The van der Waals surface area contributed by atoms with Crippen LogP contribution >= 0.6 is 11.3 Å². The van der Waals surface area contributed by atoms with E-state index in [4.69, 9.17) is 4.74 Å². The van der Waals surface area contributed by atoms with Crippen molar-refractivity contribution in [2.45, 2.75) is 19.9 Å². The summed E-state index contributed by atoms with van der Waals surface area (Å²) in [7, 11) is 0. The predicted molar refractivity (Wildman–Crippen MR) is 119 cm³/mol. The molecule has 0 saturated heterocycles. The number of esters is 1. The van der Waals surface area contributed by atoms with Crippen LogP contribution in [-0.4, -0.2) is 22.1 Å². The highest BCUT2D eigenvalue weighted by Crippen LogP contribution is 2.31. The smallest absolute Gasteiger partial charge is 0.338 e. The number of allylic oxidation sites excluding steroid dienone is 1. The predicted octanol–water partition coefficient (Wildman–Crippen LogP) is 1.92. The van der Waals surface area contributed by atoms with E-state index in [0.717, 1.165) is 17.4 Å². The molecule has 0 fully saturated rings. The second kappa shape index (κ2) is 9.02. The number of nitrogens with zero attached hydrogens (tertiary/aromatic N) is 3. The molecule has 1 aliphatic rings. The fourth-order valence-corrected chi connectivity index (χ4v) is 4.73. The lowest BCUT2D eigenvalue weighted by molar-refractivity contribution is -0.398. The van der Waals surface area contributed by atoms with Crippen LogP contribution in [0.15, 0.2) is 63.5 Å². The van der Waals surface area contributed by atoms with Gasteiger partial charge in [-0.15, -0.1) is 0 Å². The topological polar surface area (TPSA) is 127 Å². The number of rotatable bonds is 5. The Morgan fingerprint density at radius 1 is 1.29 bits per heavy atom. The number of halogens is 1. The molecule has 3 aromatic rings. The van der Waals surface area contributed by atoms with Crippen LogP contribution in [0.25, 0.3) is 6.08 Å². The first-order chi connectivity index (χ1) is 16.2. The summed E-state index contributed by atoms with van der Waals surface area (Å²) in [5.41, 5.74) is -0.262. The summed E-state index contributed by atoms with van der Waals surface area (Å²) in [6.45, 7) is 3.36.